The molecule has 1 aliphatic carbocycles. The van der Waals surface area contributed by atoms with Crippen LogP contribution in [0.15, 0.2) is 42.6 Å². The lowest BCUT2D eigenvalue weighted by atomic mass is 10.0. The summed E-state index contributed by atoms with van der Waals surface area (Å²) in [6.45, 7) is 3.23. The number of amidine groups is 1. The predicted molar refractivity (Wildman–Crippen MR) is 144 cm³/mol. The molecule has 1 heterocycles. The first kappa shape index (κ1) is 26.9. The smallest absolute Gasteiger partial charge is 0.384 e. The van der Waals surface area contributed by atoms with E-state index in [1.54, 1.807) is 25.2 Å². The highest BCUT2D eigenvalue weighted by atomic mass is 19.4. The number of benzene rings is 2. The van der Waals surface area contributed by atoms with Crippen molar-refractivity contribution in [3.8, 4) is 11.8 Å². The van der Waals surface area contributed by atoms with Gasteiger partial charge in [0.05, 0.1) is 16.7 Å². The summed E-state index contributed by atoms with van der Waals surface area (Å²) in [5.74, 6) is 6.31. The maximum Gasteiger partial charge on any atom is 0.416 e. The fourth-order valence-corrected chi connectivity index (χ4v) is 4.86. The molecule has 2 aromatic carbocycles. The Balaban J connectivity index is 1.64. The normalized spacial score (nSPS) is 13.6. The van der Waals surface area contributed by atoms with Crippen molar-refractivity contribution in [3.63, 3.8) is 0 Å². The number of alkyl halides is 3. The van der Waals surface area contributed by atoms with Gasteiger partial charge in [0.1, 0.15) is 11.7 Å². The highest BCUT2D eigenvalue weighted by Crippen LogP contribution is 2.35. The van der Waals surface area contributed by atoms with Crippen LogP contribution >= 0.6 is 0 Å². The lowest BCUT2D eigenvalue weighted by molar-refractivity contribution is -0.138. The van der Waals surface area contributed by atoms with E-state index in [4.69, 9.17) is 11.1 Å². The summed E-state index contributed by atoms with van der Waals surface area (Å²) in [4.78, 5) is 12.7. The molecule has 5 N–H and O–H groups in total. The minimum Gasteiger partial charge on any atom is -0.384 e. The second-order valence-electron chi connectivity index (χ2n) is 9.54. The van der Waals surface area contributed by atoms with Gasteiger partial charge in [0.15, 0.2) is 0 Å². The van der Waals surface area contributed by atoms with Gasteiger partial charge in [-0.1, -0.05) is 36.8 Å². The number of halogens is 3. The maximum atomic E-state index is 13.3. The largest absolute Gasteiger partial charge is 0.416 e. The summed E-state index contributed by atoms with van der Waals surface area (Å²) in [6, 6.07) is 8.97. The molecule has 0 unspecified atom stereocenters. The van der Waals surface area contributed by atoms with Gasteiger partial charge in [-0.25, -0.2) is 0 Å². The van der Waals surface area contributed by atoms with Crippen molar-refractivity contribution >= 4 is 23.2 Å². The molecule has 38 heavy (non-hydrogen) atoms. The van der Waals surface area contributed by atoms with Crippen LogP contribution in [0.25, 0.3) is 0 Å². The number of nitrogen functional groups attached to an aromatic ring is 1. The third-order valence-electron chi connectivity index (χ3n) is 6.89. The third-order valence-corrected chi connectivity index (χ3v) is 6.89. The molecule has 1 amide bonds. The van der Waals surface area contributed by atoms with Gasteiger partial charge >= 0.3 is 6.18 Å². The van der Waals surface area contributed by atoms with Crippen molar-refractivity contribution in [2.45, 2.75) is 51.7 Å². The molecule has 198 valence electrons. The van der Waals surface area contributed by atoms with E-state index in [1.165, 1.54) is 19.1 Å². The van der Waals surface area contributed by atoms with Gasteiger partial charge in [-0.2, -0.15) is 13.2 Å². The van der Waals surface area contributed by atoms with Gasteiger partial charge in [-0.15, -0.1) is 0 Å². The standard InChI is InChI=1S/C29H30F3N5O/c1-17-9-13-22(36-28(38)20-10-8-18(2)24(15-20)29(30,31)32)14-19(17)11-12-21-16-37(23-6-4-5-7-23)27(35-3)25(21)26(33)34/h8-10,13-16,23,35H,4-7H2,1-3H3,(H3,33,34)(H,36,38). The molecule has 4 rings (SSSR count). The van der Waals surface area contributed by atoms with E-state index < -0.39 is 17.6 Å². The van der Waals surface area contributed by atoms with E-state index >= 15 is 0 Å². The zero-order valence-corrected chi connectivity index (χ0v) is 21.5. The van der Waals surface area contributed by atoms with Crippen LogP contribution in [0.1, 0.15) is 75.5 Å². The van der Waals surface area contributed by atoms with Crippen LogP contribution in [0, 0.1) is 31.1 Å². The molecule has 0 radical (unpaired) electrons. The average Bonchev–Trinajstić information content (AvgIpc) is 3.51. The molecule has 0 saturated heterocycles. The monoisotopic (exact) mass is 521 g/mol. The van der Waals surface area contributed by atoms with Crippen LogP contribution in [-0.4, -0.2) is 23.4 Å². The Kier molecular flexibility index (Phi) is 7.53. The Hall–Kier alpha value is -4.19. The number of hydrogen-bond acceptors (Lipinski definition) is 3. The molecular weight excluding hydrogens is 491 g/mol. The summed E-state index contributed by atoms with van der Waals surface area (Å²) >= 11 is 0. The van der Waals surface area contributed by atoms with E-state index in [0.29, 0.717) is 28.4 Å². The summed E-state index contributed by atoms with van der Waals surface area (Å²) in [5.41, 5.74) is 8.13. The quantitative estimate of drug-likeness (QED) is 0.182. The maximum absolute atomic E-state index is 13.3. The zero-order chi connectivity index (χ0) is 27.6. The number of hydrogen-bond donors (Lipinski definition) is 4. The molecule has 0 bridgehead atoms. The number of rotatable bonds is 5. The Morgan fingerprint density at radius 1 is 1.05 bits per heavy atom. The van der Waals surface area contributed by atoms with E-state index in [2.05, 4.69) is 27.0 Å². The van der Waals surface area contributed by atoms with E-state index in [9.17, 15) is 18.0 Å². The summed E-state index contributed by atoms with van der Waals surface area (Å²) < 4.78 is 42.0. The van der Waals surface area contributed by atoms with Gasteiger partial charge in [-0.05, 0) is 62.1 Å². The fraction of sp³-hybridized carbons (Fsp3) is 0.310. The first-order valence-corrected chi connectivity index (χ1v) is 12.4. The number of nitrogens with one attached hydrogen (secondary N) is 3. The van der Waals surface area contributed by atoms with Gasteiger partial charge in [0.2, 0.25) is 0 Å². The first-order valence-electron chi connectivity index (χ1n) is 12.4. The SMILES string of the molecule is CNc1c(C(=N)N)c(C#Cc2cc(NC(=O)c3ccc(C)c(C(F)(F)F)c3)ccc2C)cn1C1CCCC1. The number of nitrogens with two attached hydrogens (primary N) is 1. The van der Waals surface area contributed by atoms with E-state index in [0.717, 1.165) is 43.1 Å². The number of carbonyl (C=O) groups is 1. The Morgan fingerprint density at radius 2 is 1.71 bits per heavy atom. The average molecular weight is 522 g/mol. The first-order chi connectivity index (χ1) is 18.0. The fourth-order valence-electron chi connectivity index (χ4n) is 4.86. The van der Waals surface area contributed by atoms with Crippen LogP contribution < -0.4 is 16.4 Å². The molecule has 1 saturated carbocycles. The minimum absolute atomic E-state index is 0.0510. The lowest BCUT2D eigenvalue weighted by Crippen LogP contribution is -2.15. The van der Waals surface area contributed by atoms with Gasteiger partial charge in [0, 0.05) is 36.1 Å². The van der Waals surface area contributed by atoms with Crippen LogP contribution in [-0.2, 0) is 6.18 Å². The van der Waals surface area contributed by atoms with Crippen molar-refractivity contribution in [1.82, 2.24) is 4.57 Å². The van der Waals surface area contributed by atoms with Crippen molar-refractivity contribution in [2.24, 2.45) is 5.73 Å². The molecule has 6 nitrogen and oxygen atoms in total. The van der Waals surface area contributed by atoms with Crippen LogP contribution in [0.3, 0.4) is 0 Å². The molecule has 9 heteroatoms. The van der Waals surface area contributed by atoms with Gasteiger partial charge in [-0.3, -0.25) is 10.2 Å². The van der Waals surface area contributed by atoms with Crippen LogP contribution in [0.2, 0.25) is 0 Å². The summed E-state index contributed by atoms with van der Waals surface area (Å²) in [7, 11) is 1.80. The Bertz CT molecular complexity index is 1450. The summed E-state index contributed by atoms with van der Waals surface area (Å²) in [5, 5.41) is 14.0. The van der Waals surface area contributed by atoms with E-state index in [-0.39, 0.29) is 17.0 Å². The van der Waals surface area contributed by atoms with Crippen molar-refractivity contribution in [1.29, 1.82) is 5.41 Å². The zero-order valence-electron chi connectivity index (χ0n) is 21.5. The van der Waals surface area contributed by atoms with Gasteiger partial charge < -0.3 is 20.9 Å². The number of amides is 1. The second kappa shape index (κ2) is 10.7. The van der Waals surface area contributed by atoms with Crippen molar-refractivity contribution < 1.29 is 18.0 Å². The predicted octanol–water partition coefficient (Wildman–Crippen LogP) is 6.22. The number of carbonyl (C=O) groups excluding carboxylic acids is 1. The number of aromatic nitrogens is 1. The Morgan fingerprint density at radius 3 is 2.34 bits per heavy atom. The minimum atomic E-state index is -4.55. The van der Waals surface area contributed by atoms with Crippen LogP contribution in [0.4, 0.5) is 24.7 Å². The lowest BCUT2D eigenvalue weighted by Gasteiger charge is -2.16. The molecule has 3 aromatic rings. The number of anilines is 2. The van der Waals surface area contributed by atoms with Crippen LogP contribution in [0.5, 0.6) is 0 Å². The Labute approximate surface area is 219 Å². The number of aryl methyl sites for hydroxylation is 2. The molecule has 1 aliphatic rings. The molecule has 0 atom stereocenters. The van der Waals surface area contributed by atoms with Crippen molar-refractivity contribution in [3.05, 3.63) is 81.5 Å². The highest BCUT2D eigenvalue weighted by Gasteiger charge is 2.33. The second-order valence-corrected chi connectivity index (χ2v) is 9.54. The molecule has 1 fully saturated rings. The van der Waals surface area contributed by atoms with E-state index in [1.807, 2.05) is 13.1 Å². The van der Waals surface area contributed by atoms with Crippen molar-refractivity contribution in [2.75, 3.05) is 17.7 Å². The third kappa shape index (κ3) is 5.54. The molecule has 1 aromatic heterocycles. The highest BCUT2D eigenvalue weighted by molar-refractivity contribution is 6.04. The topological polar surface area (TPSA) is 95.9 Å². The number of nitrogens with zero attached hydrogens (tertiary/aromatic N) is 1. The molecular formula is C29H30F3N5O. The van der Waals surface area contributed by atoms with Gasteiger partial charge in [0.25, 0.3) is 5.91 Å². The molecule has 0 aliphatic heterocycles. The summed E-state index contributed by atoms with van der Waals surface area (Å²) in [6.07, 6.45) is 1.80. The molecule has 0 spiro atoms.